The Hall–Kier alpha value is -1.04. The second-order valence-corrected chi connectivity index (χ2v) is 7.26. The Labute approximate surface area is 137 Å². The molecule has 1 unspecified atom stereocenters. The van der Waals surface area contributed by atoms with E-state index in [4.69, 9.17) is 9.47 Å². The van der Waals surface area contributed by atoms with E-state index in [-0.39, 0.29) is 6.04 Å². The molecule has 1 N–H and O–H groups in total. The number of ether oxygens (including phenoxy) is 2. The van der Waals surface area contributed by atoms with Gasteiger partial charge in [-0.05, 0) is 63.6 Å². The van der Waals surface area contributed by atoms with Crippen LogP contribution in [0.3, 0.4) is 0 Å². The van der Waals surface area contributed by atoms with Crippen LogP contribution >= 0.6 is 27.3 Å². The Morgan fingerprint density at radius 1 is 1.19 bits per heavy atom. The molecule has 2 aromatic rings. The van der Waals surface area contributed by atoms with E-state index in [0.717, 1.165) is 28.3 Å². The second-order valence-electron chi connectivity index (χ2n) is 4.97. The van der Waals surface area contributed by atoms with Crippen LogP contribution in [0.1, 0.15) is 30.5 Å². The highest BCUT2D eigenvalue weighted by atomic mass is 79.9. The normalized spacial score (nSPS) is 15.0. The molecule has 0 bridgehead atoms. The van der Waals surface area contributed by atoms with Crippen LogP contribution in [0.2, 0.25) is 0 Å². The lowest BCUT2D eigenvalue weighted by molar-refractivity contribution is 0.171. The number of rotatable bonds is 5. The summed E-state index contributed by atoms with van der Waals surface area (Å²) < 4.78 is 12.4. The van der Waals surface area contributed by atoms with Gasteiger partial charge in [0.2, 0.25) is 0 Å². The lowest BCUT2D eigenvalue weighted by Crippen LogP contribution is -2.23. The second kappa shape index (κ2) is 6.81. The van der Waals surface area contributed by atoms with Crippen molar-refractivity contribution in [3.05, 3.63) is 44.6 Å². The van der Waals surface area contributed by atoms with Crippen molar-refractivity contribution in [2.45, 2.75) is 19.4 Å². The molecule has 3 nitrogen and oxygen atoms in total. The highest BCUT2D eigenvalue weighted by Crippen LogP contribution is 2.36. The molecule has 1 aliphatic heterocycles. The first-order chi connectivity index (χ1) is 10.3. The van der Waals surface area contributed by atoms with E-state index < -0.39 is 0 Å². The van der Waals surface area contributed by atoms with Crippen LogP contribution in [0.4, 0.5) is 0 Å². The summed E-state index contributed by atoms with van der Waals surface area (Å²) in [5.74, 6) is 1.68. The van der Waals surface area contributed by atoms with Crippen LogP contribution < -0.4 is 14.8 Å². The van der Waals surface area contributed by atoms with Crippen molar-refractivity contribution < 1.29 is 9.47 Å². The van der Waals surface area contributed by atoms with Gasteiger partial charge in [0.05, 0.1) is 9.83 Å². The molecule has 5 heteroatoms. The Balaban J connectivity index is 1.92. The summed E-state index contributed by atoms with van der Waals surface area (Å²) >= 11 is 5.26. The molecule has 1 aromatic heterocycles. The molecule has 0 radical (unpaired) electrons. The molecule has 0 fully saturated rings. The number of benzene rings is 1. The first-order valence-electron chi connectivity index (χ1n) is 7.15. The van der Waals surface area contributed by atoms with E-state index in [1.165, 1.54) is 11.1 Å². The molecule has 1 aromatic carbocycles. The average molecular weight is 368 g/mol. The van der Waals surface area contributed by atoms with E-state index in [2.05, 4.69) is 51.7 Å². The number of halogens is 1. The van der Waals surface area contributed by atoms with Crippen LogP contribution in [0.25, 0.3) is 0 Å². The van der Waals surface area contributed by atoms with E-state index in [9.17, 15) is 0 Å². The van der Waals surface area contributed by atoms with Crippen LogP contribution in [0.15, 0.2) is 33.4 Å². The SMILES string of the molecule is CCCNC(c1csc(Br)c1)c1ccc2c(c1)OCCO2. The molecule has 1 atom stereocenters. The van der Waals surface area contributed by atoms with Crippen molar-refractivity contribution in [2.24, 2.45) is 0 Å². The van der Waals surface area contributed by atoms with Gasteiger partial charge in [0.1, 0.15) is 13.2 Å². The minimum Gasteiger partial charge on any atom is -0.486 e. The largest absolute Gasteiger partial charge is 0.486 e. The Morgan fingerprint density at radius 2 is 2.00 bits per heavy atom. The summed E-state index contributed by atoms with van der Waals surface area (Å²) in [7, 11) is 0. The number of hydrogen-bond donors (Lipinski definition) is 1. The van der Waals surface area contributed by atoms with Gasteiger partial charge < -0.3 is 14.8 Å². The molecule has 2 heterocycles. The maximum absolute atomic E-state index is 5.70. The fourth-order valence-corrected chi connectivity index (χ4v) is 3.63. The zero-order valence-electron chi connectivity index (χ0n) is 11.9. The fraction of sp³-hybridized carbons (Fsp3) is 0.375. The predicted molar refractivity (Wildman–Crippen MR) is 89.6 cm³/mol. The van der Waals surface area contributed by atoms with Gasteiger partial charge in [-0.1, -0.05) is 13.0 Å². The Morgan fingerprint density at radius 3 is 2.71 bits per heavy atom. The summed E-state index contributed by atoms with van der Waals surface area (Å²) in [4.78, 5) is 0. The molecule has 0 saturated heterocycles. The van der Waals surface area contributed by atoms with Gasteiger partial charge in [0.25, 0.3) is 0 Å². The molecule has 0 aliphatic carbocycles. The molecule has 0 amide bonds. The van der Waals surface area contributed by atoms with E-state index in [0.29, 0.717) is 13.2 Å². The number of fused-ring (bicyclic) bond motifs is 1. The van der Waals surface area contributed by atoms with E-state index >= 15 is 0 Å². The smallest absolute Gasteiger partial charge is 0.161 e. The average Bonchev–Trinajstić information content (AvgIpc) is 2.94. The van der Waals surface area contributed by atoms with Crippen molar-refractivity contribution in [1.29, 1.82) is 0 Å². The number of nitrogens with one attached hydrogen (secondary N) is 1. The monoisotopic (exact) mass is 367 g/mol. The molecule has 0 saturated carbocycles. The van der Waals surface area contributed by atoms with Gasteiger partial charge in [-0.15, -0.1) is 11.3 Å². The highest BCUT2D eigenvalue weighted by Gasteiger charge is 2.19. The molecule has 112 valence electrons. The molecule has 1 aliphatic rings. The maximum atomic E-state index is 5.70. The van der Waals surface area contributed by atoms with Crippen molar-refractivity contribution in [2.75, 3.05) is 19.8 Å². The standard InChI is InChI=1S/C16H18BrNO2S/c1-2-5-18-16(12-9-15(17)21-10-12)11-3-4-13-14(8-11)20-7-6-19-13/h3-4,8-10,16,18H,2,5-7H2,1H3. The van der Waals surface area contributed by atoms with Gasteiger partial charge >= 0.3 is 0 Å². The number of hydrogen-bond acceptors (Lipinski definition) is 4. The third kappa shape index (κ3) is 3.42. The fourth-order valence-electron chi connectivity index (χ4n) is 2.43. The van der Waals surface area contributed by atoms with Gasteiger partial charge in [-0.25, -0.2) is 0 Å². The zero-order chi connectivity index (χ0) is 14.7. The van der Waals surface area contributed by atoms with Gasteiger partial charge in [-0.2, -0.15) is 0 Å². The van der Waals surface area contributed by atoms with Crippen LogP contribution in [-0.2, 0) is 0 Å². The summed E-state index contributed by atoms with van der Waals surface area (Å²) in [5.41, 5.74) is 2.48. The summed E-state index contributed by atoms with van der Waals surface area (Å²) in [6.45, 7) is 4.40. The zero-order valence-corrected chi connectivity index (χ0v) is 14.3. The third-order valence-corrected chi connectivity index (χ3v) is 4.94. The molecule has 21 heavy (non-hydrogen) atoms. The summed E-state index contributed by atoms with van der Waals surface area (Å²) in [5, 5.41) is 5.80. The van der Waals surface area contributed by atoms with E-state index in [1.807, 2.05) is 6.07 Å². The van der Waals surface area contributed by atoms with Crippen molar-refractivity contribution in [1.82, 2.24) is 5.32 Å². The van der Waals surface area contributed by atoms with Crippen molar-refractivity contribution in [3.8, 4) is 11.5 Å². The summed E-state index contributed by atoms with van der Waals surface area (Å²) in [6, 6.07) is 8.57. The lowest BCUT2D eigenvalue weighted by atomic mass is 10.0. The summed E-state index contributed by atoms with van der Waals surface area (Å²) in [6.07, 6.45) is 1.10. The van der Waals surface area contributed by atoms with E-state index in [1.54, 1.807) is 11.3 Å². The Bertz CT molecular complexity index is 614. The van der Waals surface area contributed by atoms with Gasteiger partial charge in [0.15, 0.2) is 11.5 Å². The first kappa shape index (κ1) is 14.9. The minimum atomic E-state index is 0.184. The molecule has 0 spiro atoms. The number of thiophene rings is 1. The third-order valence-electron chi connectivity index (χ3n) is 3.42. The van der Waals surface area contributed by atoms with Gasteiger partial charge in [-0.3, -0.25) is 0 Å². The van der Waals surface area contributed by atoms with Crippen molar-refractivity contribution in [3.63, 3.8) is 0 Å². The molecular formula is C16H18BrNO2S. The lowest BCUT2D eigenvalue weighted by Gasteiger charge is -2.22. The molecular weight excluding hydrogens is 350 g/mol. The maximum Gasteiger partial charge on any atom is 0.161 e. The van der Waals surface area contributed by atoms with Crippen LogP contribution in [0, 0.1) is 0 Å². The highest BCUT2D eigenvalue weighted by molar-refractivity contribution is 9.11. The first-order valence-corrected chi connectivity index (χ1v) is 8.82. The minimum absolute atomic E-state index is 0.184. The Kier molecular flexibility index (Phi) is 4.83. The van der Waals surface area contributed by atoms with Crippen LogP contribution in [0.5, 0.6) is 11.5 Å². The predicted octanol–water partition coefficient (Wildman–Crippen LogP) is 4.37. The van der Waals surface area contributed by atoms with Crippen molar-refractivity contribution >= 4 is 27.3 Å². The topological polar surface area (TPSA) is 30.5 Å². The van der Waals surface area contributed by atoms with Crippen LogP contribution in [-0.4, -0.2) is 19.8 Å². The van der Waals surface area contributed by atoms with Gasteiger partial charge in [0, 0.05) is 0 Å². The quantitative estimate of drug-likeness (QED) is 0.850. The molecule has 3 rings (SSSR count).